The molecule has 8 heteroatoms. The van der Waals surface area contributed by atoms with Gasteiger partial charge in [0.15, 0.2) is 5.78 Å². The number of Topliss-reactive ketones (excluding diaryl/α,β-unsaturated/α-hetero) is 1. The molecule has 164 valence electrons. The molecule has 7 nitrogen and oxygen atoms in total. The van der Waals surface area contributed by atoms with Crippen molar-refractivity contribution in [1.82, 2.24) is 18.5 Å². The lowest BCUT2D eigenvalue weighted by Gasteiger charge is -2.38. The number of ketones is 1. The maximum absolute atomic E-state index is 13.1. The summed E-state index contributed by atoms with van der Waals surface area (Å²) in [4.78, 5) is 18.3. The first-order valence-electron chi connectivity index (χ1n) is 10.9. The van der Waals surface area contributed by atoms with Crippen LogP contribution in [0.5, 0.6) is 0 Å². The summed E-state index contributed by atoms with van der Waals surface area (Å²) in [5.74, 6) is 0.0839. The van der Waals surface area contributed by atoms with Crippen molar-refractivity contribution in [3.63, 3.8) is 0 Å². The molecule has 1 saturated carbocycles. The van der Waals surface area contributed by atoms with Crippen molar-refractivity contribution in [2.75, 3.05) is 39.8 Å². The zero-order valence-corrected chi connectivity index (χ0v) is 18.7. The lowest BCUT2D eigenvalue weighted by Crippen LogP contribution is -2.54. The van der Waals surface area contributed by atoms with E-state index in [9.17, 15) is 13.2 Å². The van der Waals surface area contributed by atoms with Crippen LogP contribution in [0, 0.1) is 6.92 Å². The maximum atomic E-state index is 13.1. The summed E-state index contributed by atoms with van der Waals surface area (Å²) in [6, 6.07) is 7.96. The van der Waals surface area contributed by atoms with Crippen LogP contribution in [0.3, 0.4) is 0 Å². The number of carbonyl (C=O) groups excluding carboxylic acids is 1. The number of hydrogen-bond acceptors (Lipinski definition) is 4. The smallest absolute Gasteiger partial charge is 0.282 e. The molecule has 0 spiro atoms. The van der Waals surface area contributed by atoms with E-state index in [1.54, 1.807) is 15.7 Å². The second kappa shape index (κ2) is 8.78. The minimum atomic E-state index is -3.44. The van der Waals surface area contributed by atoms with Crippen molar-refractivity contribution in [1.29, 1.82) is 0 Å². The molecular weight excluding hydrogens is 400 g/mol. The number of aromatic amines is 1. The minimum absolute atomic E-state index is 0.0839. The van der Waals surface area contributed by atoms with E-state index in [1.165, 1.54) is 6.42 Å². The average Bonchev–Trinajstić information content (AvgIpc) is 3.10. The molecule has 0 bridgehead atoms. The quantitative estimate of drug-likeness (QED) is 0.712. The monoisotopic (exact) mass is 432 g/mol. The summed E-state index contributed by atoms with van der Waals surface area (Å²) in [7, 11) is -1.72. The first-order chi connectivity index (χ1) is 14.4. The second-order valence-electron chi connectivity index (χ2n) is 8.58. The number of para-hydroxylation sites is 1. The van der Waals surface area contributed by atoms with Crippen LogP contribution in [0.15, 0.2) is 24.3 Å². The number of aryl methyl sites for hydroxylation is 1. The summed E-state index contributed by atoms with van der Waals surface area (Å²) in [5, 5.41) is 0.954. The first kappa shape index (κ1) is 21.5. The van der Waals surface area contributed by atoms with Crippen LogP contribution in [-0.4, -0.2) is 78.5 Å². The highest BCUT2D eigenvalue weighted by molar-refractivity contribution is 7.86. The predicted molar refractivity (Wildman–Crippen MR) is 119 cm³/mol. The number of hydrogen-bond donors (Lipinski definition) is 1. The fraction of sp³-hybridized carbons (Fsp3) is 0.591. The van der Waals surface area contributed by atoms with Gasteiger partial charge in [0.2, 0.25) is 0 Å². The van der Waals surface area contributed by atoms with E-state index in [1.807, 2.05) is 31.2 Å². The number of piperazine rings is 1. The van der Waals surface area contributed by atoms with Crippen LogP contribution >= 0.6 is 0 Å². The van der Waals surface area contributed by atoms with Crippen LogP contribution in [-0.2, 0) is 10.2 Å². The molecule has 1 aliphatic heterocycles. The second-order valence-corrected chi connectivity index (χ2v) is 10.6. The zero-order valence-electron chi connectivity index (χ0n) is 17.9. The van der Waals surface area contributed by atoms with Crippen LogP contribution in [0.25, 0.3) is 10.9 Å². The van der Waals surface area contributed by atoms with Gasteiger partial charge < -0.3 is 4.98 Å². The molecule has 2 aliphatic rings. The van der Waals surface area contributed by atoms with E-state index < -0.39 is 10.2 Å². The SMILES string of the molecule is Cc1[nH]c2ccccc2c1C(=O)CN1CCN(S(=O)(=O)N(C)C2CCCCC2)CC1. The molecule has 0 amide bonds. The topological polar surface area (TPSA) is 76.7 Å². The van der Waals surface area contributed by atoms with Gasteiger partial charge in [0.05, 0.1) is 6.54 Å². The Bertz CT molecular complexity index is 1000. The van der Waals surface area contributed by atoms with Crippen molar-refractivity contribution in [2.45, 2.75) is 45.1 Å². The summed E-state index contributed by atoms with van der Waals surface area (Å²) >= 11 is 0. The van der Waals surface area contributed by atoms with E-state index in [-0.39, 0.29) is 11.8 Å². The van der Waals surface area contributed by atoms with Crippen molar-refractivity contribution in [2.24, 2.45) is 0 Å². The third kappa shape index (κ3) is 4.19. The highest BCUT2D eigenvalue weighted by Crippen LogP contribution is 2.26. The number of aromatic nitrogens is 1. The largest absolute Gasteiger partial charge is 0.358 e. The number of nitrogens with one attached hydrogen (secondary N) is 1. The van der Waals surface area contributed by atoms with Crippen LogP contribution < -0.4 is 0 Å². The third-order valence-corrected chi connectivity index (χ3v) is 8.69. The Kier molecular flexibility index (Phi) is 6.29. The lowest BCUT2D eigenvalue weighted by molar-refractivity contribution is 0.0899. The number of rotatable bonds is 6. The molecule has 2 heterocycles. The maximum Gasteiger partial charge on any atom is 0.282 e. The van der Waals surface area contributed by atoms with E-state index in [0.717, 1.165) is 47.8 Å². The van der Waals surface area contributed by atoms with Gasteiger partial charge >= 0.3 is 0 Å². The summed E-state index contributed by atoms with van der Waals surface area (Å²) in [5.41, 5.74) is 2.61. The first-order valence-corrected chi connectivity index (χ1v) is 12.3. The van der Waals surface area contributed by atoms with Gasteiger partial charge in [-0.3, -0.25) is 9.69 Å². The summed E-state index contributed by atoms with van der Waals surface area (Å²) in [6.07, 6.45) is 5.32. The van der Waals surface area contributed by atoms with Crippen molar-refractivity contribution < 1.29 is 13.2 Å². The number of nitrogens with zero attached hydrogens (tertiary/aromatic N) is 3. The molecule has 0 atom stereocenters. The Hall–Kier alpha value is -1.74. The highest BCUT2D eigenvalue weighted by Gasteiger charge is 2.35. The molecule has 4 rings (SSSR count). The van der Waals surface area contributed by atoms with Crippen LogP contribution in [0.2, 0.25) is 0 Å². The van der Waals surface area contributed by atoms with Crippen molar-refractivity contribution in [3.05, 3.63) is 35.5 Å². The number of H-pyrrole nitrogens is 1. The molecule has 2 fully saturated rings. The standard InChI is InChI=1S/C22H32N4O3S/c1-17-22(19-10-6-7-11-20(19)23-17)21(27)16-25-12-14-26(15-13-25)30(28,29)24(2)18-8-4-3-5-9-18/h6-7,10-11,18,23H,3-5,8-9,12-16H2,1-2H3. The van der Waals surface area contributed by atoms with Crippen molar-refractivity contribution in [3.8, 4) is 0 Å². The van der Waals surface area contributed by atoms with Gasteiger partial charge in [0, 0.05) is 61.4 Å². The van der Waals surface area contributed by atoms with Gasteiger partial charge in [-0.25, -0.2) is 0 Å². The Balaban J connectivity index is 1.37. The lowest BCUT2D eigenvalue weighted by atomic mass is 9.96. The molecule has 1 aromatic carbocycles. The van der Waals surface area contributed by atoms with Gasteiger partial charge in [0.25, 0.3) is 10.2 Å². The fourth-order valence-corrected chi connectivity index (χ4v) is 6.43. The molecule has 2 aromatic rings. The Morgan fingerprint density at radius 2 is 1.77 bits per heavy atom. The Labute approximate surface area is 179 Å². The van der Waals surface area contributed by atoms with Crippen LogP contribution in [0.1, 0.15) is 48.2 Å². The normalized spacial score (nSPS) is 20.2. The van der Waals surface area contributed by atoms with Gasteiger partial charge in [-0.05, 0) is 25.8 Å². The van der Waals surface area contributed by atoms with E-state index in [4.69, 9.17) is 0 Å². The van der Waals surface area contributed by atoms with Gasteiger partial charge in [-0.2, -0.15) is 17.0 Å². The highest BCUT2D eigenvalue weighted by atomic mass is 32.2. The van der Waals surface area contributed by atoms with Gasteiger partial charge in [-0.1, -0.05) is 37.5 Å². The molecule has 1 N–H and O–H groups in total. The number of fused-ring (bicyclic) bond motifs is 1. The number of carbonyl (C=O) groups is 1. The molecule has 1 aliphatic carbocycles. The van der Waals surface area contributed by atoms with Crippen molar-refractivity contribution >= 4 is 26.9 Å². The van der Waals surface area contributed by atoms with Crippen LogP contribution in [0.4, 0.5) is 0 Å². The predicted octanol–water partition coefficient (Wildman–Crippen LogP) is 2.79. The summed E-state index contributed by atoms with van der Waals surface area (Å²) in [6.45, 7) is 4.25. The molecule has 0 radical (unpaired) electrons. The van der Waals surface area contributed by atoms with E-state index >= 15 is 0 Å². The molecule has 1 saturated heterocycles. The van der Waals surface area contributed by atoms with E-state index in [0.29, 0.717) is 32.7 Å². The third-order valence-electron chi connectivity index (χ3n) is 6.65. The van der Waals surface area contributed by atoms with Gasteiger partial charge in [0.1, 0.15) is 0 Å². The fourth-order valence-electron chi connectivity index (χ4n) is 4.85. The van der Waals surface area contributed by atoms with E-state index in [2.05, 4.69) is 9.88 Å². The summed E-state index contributed by atoms with van der Waals surface area (Å²) < 4.78 is 29.3. The molecule has 0 unspecified atom stereocenters. The molecule has 30 heavy (non-hydrogen) atoms. The Morgan fingerprint density at radius 1 is 1.10 bits per heavy atom. The molecular formula is C22H32N4O3S. The zero-order chi connectivity index (χ0) is 21.3. The average molecular weight is 433 g/mol. The Morgan fingerprint density at radius 3 is 2.47 bits per heavy atom. The van der Waals surface area contributed by atoms with Gasteiger partial charge in [-0.15, -0.1) is 0 Å². The number of benzene rings is 1. The molecule has 1 aromatic heterocycles. The minimum Gasteiger partial charge on any atom is -0.358 e.